The summed E-state index contributed by atoms with van der Waals surface area (Å²) in [5, 5.41) is 7.57. The minimum atomic E-state index is 0.288. The van der Waals surface area contributed by atoms with Crippen LogP contribution < -0.4 is 5.32 Å². The van der Waals surface area contributed by atoms with Crippen molar-refractivity contribution in [2.24, 2.45) is 5.92 Å². The van der Waals surface area contributed by atoms with Crippen molar-refractivity contribution in [3.05, 3.63) is 18.5 Å². The fourth-order valence-corrected chi connectivity index (χ4v) is 2.60. The van der Waals surface area contributed by atoms with Crippen molar-refractivity contribution in [2.75, 3.05) is 19.6 Å². The van der Waals surface area contributed by atoms with E-state index < -0.39 is 0 Å². The first-order valence-corrected chi connectivity index (χ1v) is 7.63. The molecule has 1 aliphatic heterocycles. The molecule has 1 saturated heterocycles. The first kappa shape index (κ1) is 15.0. The van der Waals surface area contributed by atoms with Gasteiger partial charge in [0, 0.05) is 44.5 Å². The summed E-state index contributed by atoms with van der Waals surface area (Å²) in [5.41, 5.74) is 0. The number of piperidine rings is 1. The largest absolute Gasteiger partial charge is 0.343 e. The molecule has 2 rings (SSSR count). The summed E-state index contributed by atoms with van der Waals surface area (Å²) < 4.78 is 1.91. The second kappa shape index (κ2) is 7.43. The molecule has 0 aliphatic carbocycles. The van der Waals surface area contributed by atoms with Crippen molar-refractivity contribution in [1.29, 1.82) is 0 Å². The Kier molecular flexibility index (Phi) is 5.59. The van der Waals surface area contributed by atoms with Crippen LogP contribution >= 0.6 is 0 Å². The molecule has 112 valence electrons. The standard InChI is InChI=1S/C15H26N4O/c1-13-5-10-18(11-6-13)15(20)4-8-16-14(2)12-19-9-3-7-17-19/h3,7,9,13-14,16H,4-6,8,10-12H2,1-2H3/t14-/m1/s1. The Morgan fingerprint density at radius 2 is 2.20 bits per heavy atom. The molecule has 0 bridgehead atoms. The molecular formula is C15H26N4O. The van der Waals surface area contributed by atoms with Crippen LogP contribution in [0.3, 0.4) is 0 Å². The normalized spacial score (nSPS) is 18.2. The maximum absolute atomic E-state index is 12.1. The van der Waals surface area contributed by atoms with Crippen molar-refractivity contribution in [1.82, 2.24) is 20.0 Å². The molecule has 1 aromatic heterocycles. The van der Waals surface area contributed by atoms with Crippen molar-refractivity contribution in [3.63, 3.8) is 0 Å². The number of rotatable bonds is 6. The van der Waals surface area contributed by atoms with Crippen LogP contribution in [0.2, 0.25) is 0 Å². The van der Waals surface area contributed by atoms with Crippen LogP contribution in [0.1, 0.15) is 33.1 Å². The number of carbonyl (C=O) groups excluding carboxylic acids is 1. The minimum Gasteiger partial charge on any atom is -0.343 e. The number of amides is 1. The lowest BCUT2D eigenvalue weighted by Gasteiger charge is -2.30. The topological polar surface area (TPSA) is 50.2 Å². The van der Waals surface area contributed by atoms with E-state index in [4.69, 9.17) is 0 Å². The first-order chi connectivity index (χ1) is 9.65. The highest BCUT2D eigenvalue weighted by molar-refractivity contribution is 5.76. The highest BCUT2D eigenvalue weighted by Crippen LogP contribution is 2.16. The van der Waals surface area contributed by atoms with E-state index in [1.807, 2.05) is 21.8 Å². The summed E-state index contributed by atoms with van der Waals surface area (Å²) in [6, 6.07) is 2.25. The Morgan fingerprint density at radius 1 is 1.45 bits per heavy atom. The Bertz CT molecular complexity index is 396. The summed E-state index contributed by atoms with van der Waals surface area (Å²) in [5.74, 6) is 1.06. The third-order valence-electron chi connectivity index (χ3n) is 3.99. The number of carbonyl (C=O) groups is 1. The van der Waals surface area contributed by atoms with E-state index >= 15 is 0 Å². The van der Waals surface area contributed by atoms with Crippen LogP contribution in [0.5, 0.6) is 0 Å². The number of aromatic nitrogens is 2. The van der Waals surface area contributed by atoms with E-state index in [-0.39, 0.29) is 5.91 Å². The van der Waals surface area contributed by atoms with Crippen LogP contribution in [-0.4, -0.2) is 46.3 Å². The van der Waals surface area contributed by atoms with Crippen LogP contribution in [0, 0.1) is 5.92 Å². The van der Waals surface area contributed by atoms with Crippen molar-refractivity contribution < 1.29 is 4.79 Å². The zero-order chi connectivity index (χ0) is 14.4. The summed E-state index contributed by atoms with van der Waals surface area (Å²) in [6.45, 7) is 7.83. The Labute approximate surface area is 121 Å². The quantitative estimate of drug-likeness (QED) is 0.858. The third-order valence-corrected chi connectivity index (χ3v) is 3.99. The first-order valence-electron chi connectivity index (χ1n) is 7.63. The molecule has 0 radical (unpaired) electrons. The molecule has 1 fully saturated rings. The highest BCUT2D eigenvalue weighted by Gasteiger charge is 2.19. The molecular weight excluding hydrogens is 252 g/mol. The van der Waals surface area contributed by atoms with Gasteiger partial charge < -0.3 is 10.2 Å². The molecule has 1 atom stereocenters. The summed E-state index contributed by atoms with van der Waals surface area (Å²) >= 11 is 0. The molecule has 0 saturated carbocycles. The van der Waals surface area contributed by atoms with Crippen LogP contribution in [0.15, 0.2) is 18.5 Å². The Morgan fingerprint density at radius 3 is 2.85 bits per heavy atom. The summed E-state index contributed by atoms with van der Waals surface area (Å²) in [7, 11) is 0. The van der Waals surface area contributed by atoms with Gasteiger partial charge >= 0.3 is 0 Å². The Hall–Kier alpha value is -1.36. The maximum Gasteiger partial charge on any atom is 0.223 e. The van der Waals surface area contributed by atoms with Crippen LogP contribution in [-0.2, 0) is 11.3 Å². The van der Waals surface area contributed by atoms with E-state index in [1.165, 1.54) is 0 Å². The van der Waals surface area contributed by atoms with E-state index in [9.17, 15) is 4.79 Å². The molecule has 20 heavy (non-hydrogen) atoms. The average Bonchev–Trinajstić information content (AvgIpc) is 2.92. The smallest absolute Gasteiger partial charge is 0.223 e. The number of nitrogens with one attached hydrogen (secondary N) is 1. The Balaban J connectivity index is 1.61. The van der Waals surface area contributed by atoms with Gasteiger partial charge in [0.05, 0.1) is 6.54 Å². The number of hydrogen-bond acceptors (Lipinski definition) is 3. The fraction of sp³-hybridized carbons (Fsp3) is 0.733. The second-order valence-corrected chi connectivity index (χ2v) is 5.90. The van der Waals surface area contributed by atoms with Gasteiger partial charge in [0.15, 0.2) is 0 Å². The summed E-state index contributed by atoms with van der Waals surface area (Å²) in [4.78, 5) is 14.1. The van der Waals surface area contributed by atoms with E-state index in [1.54, 1.807) is 6.20 Å². The second-order valence-electron chi connectivity index (χ2n) is 5.90. The van der Waals surface area contributed by atoms with Crippen molar-refractivity contribution in [3.8, 4) is 0 Å². The monoisotopic (exact) mass is 278 g/mol. The van der Waals surface area contributed by atoms with E-state index in [2.05, 4.69) is 24.3 Å². The summed E-state index contributed by atoms with van der Waals surface area (Å²) in [6.07, 6.45) is 6.63. The van der Waals surface area contributed by atoms with Gasteiger partial charge in [-0.15, -0.1) is 0 Å². The predicted molar refractivity (Wildman–Crippen MR) is 79.3 cm³/mol. The van der Waals surface area contributed by atoms with Gasteiger partial charge in [0.1, 0.15) is 0 Å². The minimum absolute atomic E-state index is 0.288. The van der Waals surface area contributed by atoms with Gasteiger partial charge in [0.25, 0.3) is 0 Å². The maximum atomic E-state index is 12.1. The van der Waals surface area contributed by atoms with Crippen LogP contribution in [0.4, 0.5) is 0 Å². The highest BCUT2D eigenvalue weighted by atomic mass is 16.2. The lowest BCUT2D eigenvalue weighted by atomic mass is 9.99. The molecule has 5 nitrogen and oxygen atoms in total. The zero-order valence-corrected chi connectivity index (χ0v) is 12.6. The van der Waals surface area contributed by atoms with Gasteiger partial charge in [-0.1, -0.05) is 6.92 Å². The molecule has 5 heteroatoms. The zero-order valence-electron chi connectivity index (χ0n) is 12.6. The fourth-order valence-electron chi connectivity index (χ4n) is 2.60. The molecule has 1 N–H and O–H groups in total. The van der Waals surface area contributed by atoms with Gasteiger partial charge in [-0.2, -0.15) is 5.10 Å². The average molecular weight is 278 g/mol. The molecule has 0 aromatic carbocycles. The van der Waals surface area contributed by atoms with Gasteiger partial charge in [-0.3, -0.25) is 9.48 Å². The number of hydrogen-bond donors (Lipinski definition) is 1. The van der Waals surface area contributed by atoms with Crippen molar-refractivity contribution in [2.45, 2.75) is 45.7 Å². The lowest BCUT2D eigenvalue weighted by molar-refractivity contribution is -0.132. The van der Waals surface area contributed by atoms with Gasteiger partial charge in [-0.25, -0.2) is 0 Å². The van der Waals surface area contributed by atoms with E-state index in [0.717, 1.165) is 44.9 Å². The van der Waals surface area contributed by atoms with Crippen molar-refractivity contribution >= 4 is 5.91 Å². The lowest BCUT2D eigenvalue weighted by Crippen LogP contribution is -2.40. The third kappa shape index (κ3) is 4.63. The molecule has 1 aliphatic rings. The van der Waals surface area contributed by atoms with Crippen LogP contribution in [0.25, 0.3) is 0 Å². The molecule has 0 spiro atoms. The number of likely N-dealkylation sites (tertiary alicyclic amines) is 1. The predicted octanol–water partition coefficient (Wildman–Crippen LogP) is 1.51. The number of nitrogens with zero attached hydrogens (tertiary/aromatic N) is 3. The molecule has 2 heterocycles. The van der Waals surface area contributed by atoms with Gasteiger partial charge in [-0.05, 0) is 31.7 Å². The SMILES string of the molecule is CC1CCN(C(=O)CCN[C@H](C)Cn2cccn2)CC1. The molecule has 1 aromatic rings. The molecule has 1 amide bonds. The van der Waals surface area contributed by atoms with Gasteiger partial charge in [0.2, 0.25) is 5.91 Å². The van der Waals surface area contributed by atoms with E-state index in [0.29, 0.717) is 12.5 Å². The molecule has 0 unspecified atom stereocenters.